The smallest absolute Gasteiger partial charge is 0.254 e. The van der Waals surface area contributed by atoms with Gasteiger partial charge in [-0.2, -0.15) is 0 Å². The quantitative estimate of drug-likeness (QED) is 0.0738. The second-order valence-corrected chi connectivity index (χ2v) is 15.4. The minimum atomic E-state index is -2.33. The fourth-order valence-corrected chi connectivity index (χ4v) is 10.3. The Balaban J connectivity index is 1.35. The number of rotatable bonds is 2. The first kappa shape index (κ1) is 35.1. The van der Waals surface area contributed by atoms with Crippen LogP contribution in [0.5, 0.6) is 0 Å². The van der Waals surface area contributed by atoms with Gasteiger partial charge in [-0.3, -0.25) is 0 Å². The molecule has 9 aromatic rings. The van der Waals surface area contributed by atoms with Crippen molar-refractivity contribution >= 4 is 101 Å². The number of benzene rings is 8. The Morgan fingerprint density at radius 2 is 0.914 bits per heavy atom. The van der Waals surface area contributed by atoms with Crippen LogP contribution in [0.1, 0.15) is 0 Å². The summed E-state index contributed by atoms with van der Waals surface area (Å²) in [7, 11) is 0. The van der Waals surface area contributed by atoms with E-state index in [0.29, 0.717) is 37.5 Å². The Bertz CT molecular complexity index is 3310. The molecule has 1 aromatic heterocycles. The molecule has 1 nitrogen and oxygen atoms in total. The lowest BCUT2D eigenvalue weighted by atomic mass is 9.33. The maximum Gasteiger partial charge on any atom is 0.254 e. The van der Waals surface area contributed by atoms with Crippen LogP contribution in [0.15, 0.2) is 113 Å². The fourth-order valence-electron chi connectivity index (χ4n) is 9.13. The zero-order valence-corrected chi connectivity index (χ0v) is 29.9. The molecule has 0 spiro atoms. The summed E-state index contributed by atoms with van der Waals surface area (Å²) in [5.41, 5.74) is -0.577. The van der Waals surface area contributed by atoms with Gasteiger partial charge in [0.2, 0.25) is 0 Å². The van der Waals surface area contributed by atoms with Gasteiger partial charge >= 0.3 is 0 Å². The molecule has 0 radical (unpaired) electrons. The highest BCUT2D eigenvalue weighted by Crippen LogP contribution is 2.42. The Kier molecular flexibility index (Phi) is 7.37. The third-order valence-corrected chi connectivity index (χ3v) is 12.7. The molecule has 0 N–H and O–H groups in total. The predicted octanol–water partition coefficient (Wildman–Crippen LogP) is 8.29. The first-order valence-electron chi connectivity index (χ1n) is 17.8. The monoisotopic (exact) mass is 803 g/mol. The molecule has 2 aliphatic heterocycles. The van der Waals surface area contributed by atoms with E-state index in [0.717, 1.165) is 22.5 Å². The van der Waals surface area contributed by atoms with Crippen LogP contribution in [0.2, 0.25) is 0 Å². The van der Waals surface area contributed by atoms with E-state index in [2.05, 4.69) is 0 Å². The molecule has 0 amide bonds. The molecule has 0 saturated heterocycles. The second-order valence-electron chi connectivity index (χ2n) is 14.3. The third-order valence-electron chi connectivity index (χ3n) is 11.5. The Hall–Kier alpha value is -6.14. The van der Waals surface area contributed by atoms with Crippen molar-refractivity contribution in [1.29, 1.82) is 0 Å². The van der Waals surface area contributed by atoms with Gasteiger partial charge in [-0.15, -0.1) is 0 Å². The van der Waals surface area contributed by atoms with Gasteiger partial charge in [0, 0.05) is 37.2 Å². The van der Waals surface area contributed by atoms with Crippen molar-refractivity contribution in [2.24, 2.45) is 0 Å². The van der Waals surface area contributed by atoms with Crippen molar-refractivity contribution in [3.05, 3.63) is 161 Å². The van der Waals surface area contributed by atoms with Gasteiger partial charge in [-0.25, -0.2) is 43.9 Å². The van der Waals surface area contributed by atoms with Crippen LogP contribution in [0.25, 0.3) is 49.0 Å². The number of aromatic nitrogens is 1. The normalized spacial score (nSPS) is 13.2. The molecule has 0 fully saturated rings. The Morgan fingerprint density at radius 1 is 0.397 bits per heavy atom. The van der Waals surface area contributed by atoms with Crippen LogP contribution >= 0.6 is 11.8 Å². The van der Waals surface area contributed by atoms with E-state index >= 15 is 35.1 Å². The van der Waals surface area contributed by atoms with Crippen LogP contribution in [-0.2, 0) is 0 Å². The van der Waals surface area contributed by atoms with Crippen LogP contribution in [0.3, 0.4) is 0 Å². The Morgan fingerprint density at radius 3 is 1.55 bits per heavy atom. The first-order valence-corrected chi connectivity index (χ1v) is 18.6. The molecule has 0 unspecified atom stereocenters. The molecule has 11 rings (SSSR count). The average Bonchev–Trinajstić information content (AvgIpc) is 3.60. The molecule has 280 valence electrons. The molecule has 0 bridgehead atoms. The molecular weight excluding hydrogens is 786 g/mol. The summed E-state index contributed by atoms with van der Waals surface area (Å²) >= 11 is 1.06. The molecule has 58 heavy (non-hydrogen) atoms. The van der Waals surface area contributed by atoms with E-state index in [1.165, 1.54) is 18.2 Å². The van der Waals surface area contributed by atoms with Gasteiger partial charge in [0.15, 0.2) is 58.2 Å². The van der Waals surface area contributed by atoms with E-state index in [9.17, 15) is 8.78 Å². The second kappa shape index (κ2) is 12.2. The molecule has 8 aromatic carbocycles. The van der Waals surface area contributed by atoms with E-state index in [1.807, 2.05) is 42.5 Å². The number of nitrogens with zero attached hydrogens (tertiary/aromatic N) is 1. The molecule has 14 heteroatoms. The maximum atomic E-state index is 16.3. The topological polar surface area (TPSA) is 4.93 Å². The fraction of sp³-hybridized carbons (Fsp3) is 0. The summed E-state index contributed by atoms with van der Waals surface area (Å²) in [6.45, 7) is -3.24. The van der Waals surface area contributed by atoms with Gasteiger partial charge < -0.3 is 4.57 Å². The minimum absolute atomic E-state index is 0.0692. The minimum Gasteiger partial charge on any atom is -0.310 e. The van der Waals surface area contributed by atoms with Crippen molar-refractivity contribution in [1.82, 2.24) is 4.57 Å². The largest absolute Gasteiger partial charge is 0.310 e. The summed E-state index contributed by atoms with van der Waals surface area (Å²) < 4.78 is 156. The Labute approximate surface area is 325 Å². The van der Waals surface area contributed by atoms with Crippen LogP contribution in [0.4, 0.5) is 43.9 Å². The average molecular weight is 803 g/mol. The lowest BCUT2D eigenvalue weighted by Crippen LogP contribution is -2.61. The zero-order valence-electron chi connectivity index (χ0n) is 29.1. The van der Waals surface area contributed by atoms with E-state index < -0.39 is 82.5 Å². The van der Waals surface area contributed by atoms with Gasteiger partial charge in [0.1, 0.15) is 0 Å². The van der Waals surface area contributed by atoms with Gasteiger partial charge in [0.25, 0.3) is 13.4 Å². The molecule has 0 saturated carbocycles. The summed E-state index contributed by atoms with van der Waals surface area (Å²) in [6, 6.07) is 29.2. The number of hydrogen-bond donors (Lipinski definition) is 0. The van der Waals surface area contributed by atoms with E-state index in [4.69, 9.17) is 0 Å². The van der Waals surface area contributed by atoms with Gasteiger partial charge in [-0.05, 0) is 50.7 Å². The summed E-state index contributed by atoms with van der Waals surface area (Å²) in [5, 5.41) is 4.25. The van der Waals surface area contributed by atoms with Gasteiger partial charge in [-0.1, -0.05) is 108 Å². The molecular formula is C44H17B2F10NS. The number of halogens is 10. The van der Waals surface area contributed by atoms with Crippen molar-refractivity contribution in [2.75, 3.05) is 0 Å². The number of hydrogen-bond acceptors (Lipinski definition) is 1. The summed E-state index contributed by atoms with van der Waals surface area (Å²) in [5.74, 6) is -21.4. The van der Waals surface area contributed by atoms with Gasteiger partial charge in [0.05, 0.1) is 11.0 Å². The molecule has 2 aliphatic rings. The van der Waals surface area contributed by atoms with Crippen molar-refractivity contribution in [3.8, 4) is 5.69 Å². The standard InChI is InChI=1S/C44H17B2F10NS/c47-34-32(35(48)39(52)42(55)38(34)51)45-22-11-5-6-12-28(22)58-29-17-23-27(16-24(29)45)57-26-14-13-18-7-1-3-9-20(18)30(26)31-21-10-4-2-8-19(21)15-25(44(31)57)46(23)33-36(49)40(53)43(56)41(54)37(33)50/h1-17H. The van der Waals surface area contributed by atoms with Crippen molar-refractivity contribution in [2.45, 2.75) is 9.79 Å². The third kappa shape index (κ3) is 4.43. The summed E-state index contributed by atoms with van der Waals surface area (Å²) in [4.78, 5) is 0.571. The highest BCUT2D eigenvalue weighted by atomic mass is 32.2. The van der Waals surface area contributed by atoms with Crippen molar-refractivity contribution in [3.63, 3.8) is 0 Å². The van der Waals surface area contributed by atoms with Crippen molar-refractivity contribution < 1.29 is 43.9 Å². The highest BCUT2D eigenvalue weighted by Gasteiger charge is 2.44. The van der Waals surface area contributed by atoms with Crippen LogP contribution in [0, 0.1) is 58.2 Å². The molecule has 3 heterocycles. The first-order chi connectivity index (χ1) is 28.0. The van der Waals surface area contributed by atoms with Crippen LogP contribution < -0.4 is 32.8 Å². The maximum absolute atomic E-state index is 16.3. The summed E-state index contributed by atoms with van der Waals surface area (Å²) in [6.07, 6.45) is 0. The lowest BCUT2D eigenvalue weighted by molar-refractivity contribution is 0.384. The van der Waals surface area contributed by atoms with Crippen LogP contribution in [-0.4, -0.2) is 18.0 Å². The zero-order chi connectivity index (χ0) is 40.0. The highest BCUT2D eigenvalue weighted by molar-refractivity contribution is 8.00. The number of fused-ring (bicyclic) bond motifs is 11. The lowest BCUT2D eigenvalue weighted by Gasteiger charge is -2.32. The predicted molar refractivity (Wildman–Crippen MR) is 208 cm³/mol. The SMILES string of the molecule is Fc1c(F)c(F)c(B2c3ccccc3Sc3cc4c(cc32)-n2c3ccc5ccccc5c3c3c5ccccc5cc(c32)B4c2c(F)c(F)c(F)c(F)c2F)c(F)c1F. The van der Waals surface area contributed by atoms with E-state index in [-0.39, 0.29) is 32.4 Å². The van der Waals surface area contributed by atoms with E-state index in [1.54, 1.807) is 47.0 Å². The molecule has 0 aliphatic carbocycles. The molecule has 0 atom stereocenters.